The molecule has 0 aromatic heterocycles. The van der Waals surface area contributed by atoms with Gasteiger partial charge in [-0.2, -0.15) is 0 Å². The molecular formula is C13H12O2. The third kappa shape index (κ3) is 1.59. The summed E-state index contributed by atoms with van der Waals surface area (Å²) in [6.45, 7) is 4.05. The summed E-state index contributed by atoms with van der Waals surface area (Å²) >= 11 is 0. The Morgan fingerprint density at radius 1 is 1.13 bits per heavy atom. The van der Waals surface area contributed by atoms with Crippen molar-refractivity contribution in [2.45, 2.75) is 13.8 Å². The molecule has 0 aliphatic rings. The number of hydrogen-bond acceptors (Lipinski definition) is 1. The van der Waals surface area contributed by atoms with Crippen molar-refractivity contribution in [2.24, 2.45) is 0 Å². The van der Waals surface area contributed by atoms with Crippen molar-refractivity contribution >= 4 is 16.7 Å². The van der Waals surface area contributed by atoms with Gasteiger partial charge >= 0.3 is 5.97 Å². The van der Waals surface area contributed by atoms with Crippen molar-refractivity contribution in [3.8, 4) is 0 Å². The minimum absolute atomic E-state index is 0.344. The maximum atomic E-state index is 10.8. The Hall–Kier alpha value is -1.83. The molecule has 0 aliphatic carbocycles. The zero-order valence-corrected chi connectivity index (χ0v) is 8.74. The van der Waals surface area contributed by atoms with Crippen molar-refractivity contribution < 1.29 is 9.90 Å². The topological polar surface area (TPSA) is 37.3 Å². The zero-order valence-electron chi connectivity index (χ0n) is 8.74. The maximum Gasteiger partial charge on any atom is 0.335 e. The van der Waals surface area contributed by atoms with Gasteiger partial charge in [-0.25, -0.2) is 4.79 Å². The second kappa shape index (κ2) is 3.39. The lowest BCUT2D eigenvalue weighted by Crippen LogP contribution is -1.96. The molecule has 0 saturated carbocycles. The molecule has 0 saturated heterocycles. The lowest BCUT2D eigenvalue weighted by Gasteiger charge is -2.06. The van der Waals surface area contributed by atoms with Gasteiger partial charge in [0.2, 0.25) is 0 Å². The van der Waals surface area contributed by atoms with Crippen molar-refractivity contribution in [1.29, 1.82) is 0 Å². The molecule has 2 nitrogen and oxygen atoms in total. The predicted molar refractivity (Wildman–Crippen MR) is 60.4 cm³/mol. The Balaban J connectivity index is 2.79. The lowest BCUT2D eigenvalue weighted by molar-refractivity contribution is 0.0697. The molecular weight excluding hydrogens is 188 g/mol. The van der Waals surface area contributed by atoms with Crippen molar-refractivity contribution in [3.63, 3.8) is 0 Å². The largest absolute Gasteiger partial charge is 0.478 e. The molecule has 0 fully saturated rings. The van der Waals surface area contributed by atoms with E-state index in [4.69, 9.17) is 5.11 Å². The van der Waals surface area contributed by atoms with E-state index in [0.29, 0.717) is 5.56 Å². The monoisotopic (exact) mass is 200 g/mol. The van der Waals surface area contributed by atoms with Gasteiger partial charge in [0.15, 0.2) is 0 Å². The standard InChI is InChI=1S/C13H12O2/c1-8-3-4-10-5-6-11(13(14)15)7-12(10)9(8)2/h3-7H,1-2H3,(H,14,15). The molecule has 0 heterocycles. The van der Waals surface area contributed by atoms with Crippen LogP contribution in [0.25, 0.3) is 10.8 Å². The molecule has 1 N–H and O–H groups in total. The van der Waals surface area contributed by atoms with E-state index in [9.17, 15) is 4.79 Å². The van der Waals surface area contributed by atoms with Crippen LogP contribution in [0.1, 0.15) is 21.5 Å². The van der Waals surface area contributed by atoms with Crippen molar-refractivity contribution in [3.05, 3.63) is 47.0 Å². The minimum Gasteiger partial charge on any atom is -0.478 e. The van der Waals surface area contributed by atoms with Gasteiger partial charge < -0.3 is 5.11 Å². The first-order valence-corrected chi connectivity index (χ1v) is 4.83. The predicted octanol–water partition coefficient (Wildman–Crippen LogP) is 3.15. The number of benzene rings is 2. The van der Waals surface area contributed by atoms with Crippen LogP contribution in [-0.4, -0.2) is 11.1 Å². The van der Waals surface area contributed by atoms with E-state index in [1.807, 2.05) is 26.0 Å². The second-order valence-corrected chi connectivity index (χ2v) is 3.75. The summed E-state index contributed by atoms with van der Waals surface area (Å²) in [5.74, 6) is -0.877. The summed E-state index contributed by atoms with van der Waals surface area (Å²) in [7, 11) is 0. The summed E-state index contributed by atoms with van der Waals surface area (Å²) < 4.78 is 0. The Bertz CT molecular complexity index is 541. The molecule has 76 valence electrons. The highest BCUT2D eigenvalue weighted by Crippen LogP contribution is 2.22. The van der Waals surface area contributed by atoms with Gasteiger partial charge in [0.05, 0.1) is 5.56 Å². The first-order chi connectivity index (χ1) is 7.09. The molecule has 2 aromatic rings. The van der Waals surface area contributed by atoms with Crippen LogP contribution in [0.3, 0.4) is 0 Å². The highest BCUT2D eigenvalue weighted by atomic mass is 16.4. The molecule has 0 atom stereocenters. The average Bonchev–Trinajstić information content (AvgIpc) is 2.23. The SMILES string of the molecule is Cc1ccc2ccc(C(=O)O)cc2c1C. The lowest BCUT2D eigenvalue weighted by atomic mass is 9.99. The fraction of sp³-hybridized carbons (Fsp3) is 0.154. The Kier molecular flexibility index (Phi) is 2.19. The molecule has 0 spiro atoms. The minimum atomic E-state index is -0.877. The van der Waals surface area contributed by atoms with Gasteiger partial charge in [0.1, 0.15) is 0 Å². The van der Waals surface area contributed by atoms with Crippen LogP contribution >= 0.6 is 0 Å². The quantitative estimate of drug-likeness (QED) is 0.767. The van der Waals surface area contributed by atoms with E-state index in [2.05, 4.69) is 6.07 Å². The maximum absolute atomic E-state index is 10.8. The van der Waals surface area contributed by atoms with Gasteiger partial charge in [-0.1, -0.05) is 18.2 Å². The number of carboxylic acids is 1. The van der Waals surface area contributed by atoms with E-state index in [0.717, 1.165) is 16.3 Å². The molecule has 0 amide bonds. The van der Waals surface area contributed by atoms with E-state index in [1.54, 1.807) is 12.1 Å². The highest BCUT2D eigenvalue weighted by molar-refractivity contribution is 5.95. The Morgan fingerprint density at radius 2 is 1.80 bits per heavy atom. The average molecular weight is 200 g/mol. The number of carbonyl (C=O) groups is 1. The second-order valence-electron chi connectivity index (χ2n) is 3.75. The summed E-state index contributed by atoms with van der Waals surface area (Å²) in [5.41, 5.74) is 2.68. The Labute approximate surface area is 88.2 Å². The van der Waals surface area contributed by atoms with Gasteiger partial charge in [-0.05, 0) is 47.9 Å². The van der Waals surface area contributed by atoms with Gasteiger partial charge in [0.25, 0.3) is 0 Å². The molecule has 0 unspecified atom stereocenters. The number of fused-ring (bicyclic) bond motifs is 1. The summed E-state index contributed by atoms with van der Waals surface area (Å²) in [6, 6.07) is 9.30. The van der Waals surface area contributed by atoms with Crippen LogP contribution in [0.4, 0.5) is 0 Å². The number of aromatic carboxylic acids is 1. The highest BCUT2D eigenvalue weighted by Gasteiger charge is 2.05. The molecule has 0 bridgehead atoms. The van der Waals surface area contributed by atoms with E-state index in [-0.39, 0.29) is 0 Å². The van der Waals surface area contributed by atoms with Crippen molar-refractivity contribution in [1.82, 2.24) is 0 Å². The normalized spacial score (nSPS) is 10.5. The molecule has 2 aromatic carbocycles. The smallest absolute Gasteiger partial charge is 0.335 e. The molecule has 0 radical (unpaired) electrons. The number of aryl methyl sites for hydroxylation is 2. The summed E-state index contributed by atoms with van der Waals surface area (Å²) in [6.07, 6.45) is 0. The summed E-state index contributed by atoms with van der Waals surface area (Å²) in [5, 5.41) is 11.0. The fourth-order valence-electron chi connectivity index (χ4n) is 1.71. The van der Waals surface area contributed by atoms with Crippen LogP contribution in [0.2, 0.25) is 0 Å². The van der Waals surface area contributed by atoms with Crippen LogP contribution in [0.5, 0.6) is 0 Å². The van der Waals surface area contributed by atoms with Gasteiger partial charge in [-0.3, -0.25) is 0 Å². The van der Waals surface area contributed by atoms with E-state index in [1.165, 1.54) is 5.56 Å². The van der Waals surface area contributed by atoms with E-state index >= 15 is 0 Å². The first-order valence-electron chi connectivity index (χ1n) is 4.83. The number of carboxylic acid groups (broad SMARTS) is 1. The molecule has 0 aliphatic heterocycles. The van der Waals surface area contributed by atoms with Gasteiger partial charge in [0, 0.05) is 0 Å². The first kappa shape index (κ1) is 9.71. The van der Waals surface area contributed by atoms with Gasteiger partial charge in [-0.15, -0.1) is 0 Å². The van der Waals surface area contributed by atoms with Crippen LogP contribution in [0.15, 0.2) is 30.3 Å². The fourth-order valence-corrected chi connectivity index (χ4v) is 1.71. The summed E-state index contributed by atoms with van der Waals surface area (Å²) in [4.78, 5) is 10.8. The van der Waals surface area contributed by atoms with Crippen LogP contribution in [-0.2, 0) is 0 Å². The Morgan fingerprint density at radius 3 is 2.47 bits per heavy atom. The molecule has 2 rings (SSSR count). The number of hydrogen-bond donors (Lipinski definition) is 1. The third-order valence-corrected chi connectivity index (χ3v) is 2.81. The van der Waals surface area contributed by atoms with Crippen LogP contribution < -0.4 is 0 Å². The molecule has 15 heavy (non-hydrogen) atoms. The zero-order chi connectivity index (χ0) is 11.0. The van der Waals surface area contributed by atoms with E-state index < -0.39 is 5.97 Å². The third-order valence-electron chi connectivity index (χ3n) is 2.81. The van der Waals surface area contributed by atoms with Crippen LogP contribution in [0, 0.1) is 13.8 Å². The molecule has 2 heteroatoms. The number of rotatable bonds is 1. The van der Waals surface area contributed by atoms with Crippen molar-refractivity contribution in [2.75, 3.05) is 0 Å².